The third kappa shape index (κ3) is 2.32. The Labute approximate surface area is 105 Å². The molecular formula is C14H13NO3. The van der Waals surface area contributed by atoms with E-state index in [1.54, 1.807) is 24.3 Å². The third-order valence-corrected chi connectivity index (χ3v) is 2.53. The Morgan fingerprint density at radius 2 is 2.22 bits per heavy atom. The molecule has 1 aromatic carbocycles. The van der Waals surface area contributed by atoms with Crippen molar-refractivity contribution < 1.29 is 14.6 Å². The summed E-state index contributed by atoms with van der Waals surface area (Å²) in [6.07, 6.45) is 5.10. The van der Waals surface area contributed by atoms with E-state index >= 15 is 0 Å². The van der Waals surface area contributed by atoms with E-state index in [4.69, 9.17) is 4.74 Å². The number of carboxylic acids is 1. The van der Waals surface area contributed by atoms with Crippen LogP contribution in [0.5, 0.6) is 5.75 Å². The summed E-state index contributed by atoms with van der Waals surface area (Å²) in [5, 5.41) is 9.88. The van der Waals surface area contributed by atoms with Gasteiger partial charge in [0.2, 0.25) is 0 Å². The number of para-hydroxylation sites is 1. The van der Waals surface area contributed by atoms with E-state index in [0.29, 0.717) is 23.3 Å². The standard InChI is InChI=1S/C14H13NO3/c1-2-3-8-18-12-9-15-11-7-5-4-6-10(11)13(12)14(16)17/h2-7,9H,8H2,1H3,(H,16,17). The lowest BCUT2D eigenvalue weighted by atomic mass is 10.1. The van der Waals surface area contributed by atoms with Crippen molar-refractivity contribution in [3.05, 3.63) is 48.2 Å². The van der Waals surface area contributed by atoms with Gasteiger partial charge in [-0.3, -0.25) is 4.98 Å². The largest absolute Gasteiger partial charge is 0.487 e. The molecule has 0 fully saturated rings. The van der Waals surface area contributed by atoms with Gasteiger partial charge in [-0.1, -0.05) is 30.4 Å². The topological polar surface area (TPSA) is 59.4 Å². The molecule has 2 rings (SSSR count). The summed E-state index contributed by atoms with van der Waals surface area (Å²) in [7, 11) is 0. The number of benzene rings is 1. The van der Waals surface area contributed by atoms with Crippen molar-refractivity contribution in [2.45, 2.75) is 6.92 Å². The first kappa shape index (κ1) is 12.1. The van der Waals surface area contributed by atoms with Gasteiger partial charge in [0.25, 0.3) is 0 Å². The van der Waals surface area contributed by atoms with Crippen molar-refractivity contribution in [1.82, 2.24) is 4.98 Å². The number of allylic oxidation sites excluding steroid dienone is 1. The van der Waals surface area contributed by atoms with Crippen LogP contribution in [0.2, 0.25) is 0 Å². The van der Waals surface area contributed by atoms with Crippen LogP contribution in [0.1, 0.15) is 17.3 Å². The molecule has 92 valence electrons. The van der Waals surface area contributed by atoms with Crippen LogP contribution in [0.25, 0.3) is 10.9 Å². The summed E-state index contributed by atoms with van der Waals surface area (Å²) in [6.45, 7) is 2.21. The average molecular weight is 243 g/mol. The quantitative estimate of drug-likeness (QED) is 0.839. The van der Waals surface area contributed by atoms with Crippen molar-refractivity contribution in [2.24, 2.45) is 0 Å². The SMILES string of the molecule is CC=CCOc1cnc2ccccc2c1C(=O)O. The molecule has 0 bridgehead atoms. The molecule has 1 aromatic heterocycles. The molecule has 0 unspecified atom stereocenters. The number of aromatic nitrogens is 1. The van der Waals surface area contributed by atoms with Gasteiger partial charge in [0.1, 0.15) is 12.2 Å². The molecule has 0 saturated carbocycles. The molecule has 2 aromatic rings. The highest BCUT2D eigenvalue weighted by atomic mass is 16.5. The second kappa shape index (κ2) is 5.31. The molecule has 1 heterocycles. The minimum absolute atomic E-state index is 0.158. The number of hydrogen-bond donors (Lipinski definition) is 1. The normalized spacial score (nSPS) is 10.9. The number of hydrogen-bond acceptors (Lipinski definition) is 3. The van der Waals surface area contributed by atoms with Gasteiger partial charge in [0.15, 0.2) is 5.75 Å². The molecule has 4 nitrogen and oxygen atoms in total. The van der Waals surface area contributed by atoms with E-state index in [2.05, 4.69) is 4.98 Å². The molecule has 0 aliphatic heterocycles. The summed E-state index contributed by atoms with van der Waals surface area (Å²) in [5.74, 6) is -0.719. The zero-order valence-corrected chi connectivity index (χ0v) is 9.96. The first-order chi connectivity index (χ1) is 8.74. The first-order valence-corrected chi connectivity index (χ1v) is 5.59. The Morgan fingerprint density at radius 1 is 1.44 bits per heavy atom. The zero-order chi connectivity index (χ0) is 13.0. The van der Waals surface area contributed by atoms with Gasteiger partial charge in [-0.15, -0.1) is 0 Å². The predicted octanol–water partition coefficient (Wildman–Crippen LogP) is 2.89. The van der Waals surface area contributed by atoms with E-state index < -0.39 is 5.97 Å². The van der Waals surface area contributed by atoms with E-state index in [1.807, 2.05) is 19.1 Å². The predicted molar refractivity (Wildman–Crippen MR) is 69.0 cm³/mol. The van der Waals surface area contributed by atoms with Gasteiger partial charge < -0.3 is 9.84 Å². The van der Waals surface area contributed by atoms with Gasteiger partial charge >= 0.3 is 5.97 Å². The fourth-order valence-electron chi connectivity index (χ4n) is 1.69. The highest BCUT2D eigenvalue weighted by molar-refractivity contribution is 6.04. The van der Waals surface area contributed by atoms with Gasteiger partial charge in [0.05, 0.1) is 11.7 Å². The number of pyridine rings is 1. The first-order valence-electron chi connectivity index (χ1n) is 5.59. The summed E-state index contributed by atoms with van der Waals surface area (Å²) in [6, 6.07) is 7.11. The van der Waals surface area contributed by atoms with Crippen molar-refractivity contribution in [2.75, 3.05) is 6.61 Å². The lowest BCUT2D eigenvalue weighted by molar-refractivity contribution is 0.0695. The summed E-state index contributed by atoms with van der Waals surface area (Å²) < 4.78 is 5.42. The van der Waals surface area contributed by atoms with Crippen molar-refractivity contribution >= 4 is 16.9 Å². The summed E-state index contributed by atoms with van der Waals surface area (Å²) >= 11 is 0. The lowest BCUT2D eigenvalue weighted by Gasteiger charge is -2.09. The maximum Gasteiger partial charge on any atom is 0.340 e. The third-order valence-electron chi connectivity index (χ3n) is 2.53. The fraction of sp³-hybridized carbons (Fsp3) is 0.143. The molecule has 18 heavy (non-hydrogen) atoms. The Morgan fingerprint density at radius 3 is 2.94 bits per heavy atom. The van der Waals surface area contributed by atoms with Crippen LogP contribution in [0, 0.1) is 0 Å². The van der Waals surface area contributed by atoms with Gasteiger partial charge in [0, 0.05) is 5.39 Å². The average Bonchev–Trinajstić information content (AvgIpc) is 2.38. The van der Waals surface area contributed by atoms with Crippen LogP contribution in [0.3, 0.4) is 0 Å². The maximum absolute atomic E-state index is 11.3. The Kier molecular flexibility index (Phi) is 3.57. The number of ether oxygens (including phenoxy) is 1. The molecule has 1 N–H and O–H groups in total. The Bertz CT molecular complexity index is 605. The molecule has 0 saturated heterocycles. The van der Waals surface area contributed by atoms with E-state index in [9.17, 15) is 9.90 Å². The summed E-state index contributed by atoms with van der Waals surface area (Å²) in [5.41, 5.74) is 0.804. The maximum atomic E-state index is 11.3. The lowest BCUT2D eigenvalue weighted by Crippen LogP contribution is -2.05. The minimum Gasteiger partial charge on any atom is -0.487 e. The molecule has 0 aliphatic rings. The number of fused-ring (bicyclic) bond motifs is 1. The van der Waals surface area contributed by atoms with Gasteiger partial charge in [-0.05, 0) is 13.0 Å². The Hall–Kier alpha value is -2.36. The fourth-order valence-corrected chi connectivity index (χ4v) is 1.69. The second-order valence-corrected chi connectivity index (χ2v) is 3.70. The zero-order valence-electron chi connectivity index (χ0n) is 9.96. The van der Waals surface area contributed by atoms with E-state index in [1.165, 1.54) is 6.20 Å². The van der Waals surface area contributed by atoms with E-state index in [0.717, 1.165) is 0 Å². The minimum atomic E-state index is -1.01. The molecule has 0 atom stereocenters. The van der Waals surface area contributed by atoms with Crippen molar-refractivity contribution in [3.8, 4) is 5.75 Å². The van der Waals surface area contributed by atoms with E-state index in [-0.39, 0.29) is 5.56 Å². The molecule has 4 heteroatoms. The number of aromatic carboxylic acids is 1. The molecule has 0 spiro atoms. The van der Waals surface area contributed by atoms with Gasteiger partial charge in [-0.25, -0.2) is 4.79 Å². The Balaban J connectivity index is 2.52. The number of carbonyl (C=O) groups is 1. The van der Waals surface area contributed by atoms with Crippen molar-refractivity contribution in [3.63, 3.8) is 0 Å². The van der Waals surface area contributed by atoms with Crippen LogP contribution >= 0.6 is 0 Å². The van der Waals surface area contributed by atoms with Crippen LogP contribution in [0.15, 0.2) is 42.6 Å². The number of nitrogens with zero attached hydrogens (tertiary/aromatic N) is 1. The molecule has 0 amide bonds. The highest BCUT2D eigenvalue weighted by Gasteiger charge is 2.16. The molecule has 0 aliphatic carbocycles. The number of carboxylic acid groups (broad SMARTS) is 1. The summed E-state index contributed by atoms with van der Waals surface area (Å²) in [4.78, 5) is 15.5. The molecular weight excluding hydrogens is 230 g/mol. The van der Waals surface area contributed by atoms with Gasteiger partial charge in [-0.2, -0.15) is 0 Å². The smallest absolute Gasteiger partial charge is 0.340 e. The number of rotatable bonds is 4. The van der Waals surface area contributed by atoms with Crippen molar-refractivity contribution in [1.29, 1.82) is 0 Å². The molecule has 0 radical (unpaired) electrons. The van der Waals surface area contributed by atoms with Crippen LogP contribution in [-0.2, 0) is 0 Å². The van der Waals surface area contributed by atoms with Crippen LogP contribution in [0.4, 0.5) is 0 Å². The highest BCUT2D eigenvalue weighted by Crippen LogP contribution is 2.26. The second-order valence-electron chi connectivity index (χ2n) is 3.70. The monoisotopic (exact) mass is 243 g/mol. The van der Waals surface area contributed by atoms with Crippen LogP contribution < -0.4 is 4.74 Å². The van der Waals surface area contributed by atoms with Crippen LogP contribution in [-0.4, -0.2) is 22.7 Å².